The van der Waals surface area contributed by atoms with Crippen LogP contribution in [0.5, 0.6) is 0 Å². The molecule has 0 saturated carbocycles. The number of benzene rings is 2. The van der Waals surface area contributed by atoms with Gasteiger partial charge >= 0.3 is 5.97 Å². The fourth-order valence-electron chi connectivity index (χ4n) is 2.13. The first-order valence-corrected chi connectivity index (χ1v) is 6.80. The monoisotopic (exact) mass is 298 g/mol. The van der Waals surface area contributed by atoms with E-state index in [0.29, 0.717) is 16.8 Å². The summed E-state index contributed by atoms with van der Waals surface area (Å²) < 4.78 is 13.8. The molecule has 0 aliphatic rings. The Morgan fingerprint density at radius 3 is 2.68 bits per heavy atom. The van der Waals surface area contributed by atoms with Crippen LogP contribution in [-0.4, -0.2) is 17.6 Å². The first kappa shape index (κ1) is 15.5. The van der Waals surface area contributed by atoms with Gasteiger partial charge in [0.15, 0.2) is 0 Å². The maximum absolute atomic E-state index is 13.8. The number of aliphatic carboxylic acids is 1. The SMILES string of the molecule is N#Cc1cccc(N(CCC(=O)O)Cc2ccccc2F)c1. The van der Waals surface area contributed by atoms with Gasteiger partial charge in [-0.2, -0.15) is 5.26 Å². The second-order valence-electron chi connectivity index (χ2n) is 4.82. The molecule has 2 aromatic rings. The zero-order chi connectivity index (χ0) is 15.9. The Kier molecular flexibility index (Phi) is 5.10. The van der Waals surface area contributed by atoms with Crippen LogP contribution in [0.1, 0.15) is 17.5 Å². The molecule has 2 rings (SSSR count). The van der Waals surface area contributed by atoms with Crippen LogP contribution in [0, 0.1) is 17.1 Å². The highest BCUT2D eigenvalue weighted by Crippen LogP contribution is 2.20. The van der Waals surface area contributed by atoms with E-state index in [9.17, 15) is 9.18 Å². The third kappa shape index (κ3) is 4.06. The fraction of sp³-hybridized carbons (Fsp3) is 0.176. The molecule has 1 N–H and O–H groups in total. The normalized spacial score (nSPS) is 10.0. The standard InChI is InChI=1S/C17H15FN2O2/c18-16-7-2-1-5-14(16)12-20(9-8-17(21)22)15-6-3-4-13(10-15)11-19/h1-7,10H,8-9,12H2,(H,21,22). The topological polar surface area (TPSA) is 64.3 Å². The van der Waals surface area contributed by atoms with Gasteiger partial charge in [-0.05, 0) is 24.3 Å². The first-order valence-electron chi connectivity index (χ1n) is 6.80. The van der Waals surface area contributed by atoms with Crippen LogP contribution >= 0.6 is 0 Å². The minimum Gasteiger partial charge on any atom is -0.481 e. The molecule has 0 atom stereocenters. The third-order valence-electron chi connectivity index (χ3n) is 3.26. The van der Waals surface area contributed by atoms with Crippen molar-refractivity contribution in [1.29, 1.82) is 5.26 Å². The molecule has 0 aliphatic carbocycles. The minimum absolute atomic E-state index is 0.0643. The number of anilines is 1. The van der Waals surface area contributed by atoms with Gasteiger partial charge in [-0.25, -0.2) is 4.39 Å². The molecule has 2 aromatic carbocycles. The summed E-state index contributed by atoms with van der Waals surface area (Å²) in [5.41, 5.74) is 1.66. The number of nitriles is 1. The highest BCUT2D eigenvalue weighted by atomic mass is 19.1. The van der Waals surface area contributed by atoms with Crippen LogP contribution in [0.3, 0.4) is 0 Å². The molecule has 0 unspecified atom stereocenters. The highest BCUT2D eigenvalue weighted by Gasteiger charge is 2.12. The Hall–Kier alpha value is -2.87. The van der Waals surface area contributed by atoms with Gasteiger partial charge < -0.3 is 10.0 Å². The third-order valence-corrected chi connectivity index (χ3v) is 3.26. The number of carboxylic acid groups (broad SMARTS) is 1. The zero-order valence-electron chi connectivity index (χ0n) is 11.9. The molecule has 0 fully saturated rings. The Morgan fingerprint density at radius 2 is 2.00 bits per heavy atom. The molecule has 0 radical (unpaired) electrons. The van der Waals surface area contributed by atoms with Gasteiger partial charge in [-0.1, -0.05) is 24.3 Å². The predicted octanol–water partition coefficient (Wildman–Crippen LogP) is 3.18. The summed E-state index contributed by atoms with van der Waals surface area (Å²) in [6.07, 6.45) is -0.0643. The summed E-state index contributed by atoms with van der Waals surface area (Å²) in [7, 11) is 0. The molecule has 112 valence electrons. The molecule has 22 heavy (non-hydrogen) atoms. The average molecular weight is 298 g/mol. The van der Waals surface area contributed by atoms with Crippen LogP contribution in [0.4, 0.5) is 10.1 Å². The van der Waals surface area contributed by atoms with E-state index >= 15 is 0 Å². The fourth-order valence-corrected chi connectivity index (χ4v) is 2.13. The van der Waals surface area contributed by atoms with Crippen molar-refractivity contribution < 1.29 is 14.3 Å². The van der Waals surface area contributed by atoms with E-state index in [1.165, 1.54) is 6.07 Å². The Bertz CT molecular complexity index is 710. The summed E-state index contributed by atoms with van der Waals surface area (Å²) in [5.74, 6) is -1.26. The molecule has 0 aromatic heterocycles. The van der Waals surface area contributed by atoms with Crippen molar-refractivity contribution in [2.45, 2.75) is 13.0 Å². The molecule has 0 saturated heterocycles. The lowest BCUT2D eigenvalue weighted by atomic mass is 10.1. The number of halogens is 1. The van der Waals surface area contributed by atoms with E-state index in [1.807, 2.05) is 6.07 Å². The maximum atomic E-state index is 13.8. The first-order chi connectivity index (χ1) is 10.6. The van der Waals surface area contributed by atoms with Gasteiger partial charge in [-0.3, -0.25) is 4.79 Å². The zero-order valence-corrected chi connectivity index (χ0v) is 11.9. The molecule has 0 spiro atoms. The van der Waals surface area contributed by atoms with Crippen LogP contribution in [0.25, 0.3) is 0 Å². The lowest BCUT2D eigenvalue weighted by Gasteiger charge is -2.24. The van der Waals surface area contributed by atoms with E-state index in [2.05, 4.69) is 0 Å². The molecule has 4 nitrogen and oxygen atoms in total. The Morgan fingerprint density at radius 1 is 1.23 bits per heavy atom. The second-order valence-corrected chi connectivity index (χ2v) is 4.82. The minimum atomic E-state index is -0.921. The molecule has 0 amide bonds. The molecule has 0 bridgehead atoms. The molecular formula is C17H15FN2O2. The Labute approximate surface area is 128 Å². The summed E-state index contributed by atoms with van der Waals surface area (Å²) in [6, 6.07) is 15.3. The van der Waals surface area contributed by atoms with Gasteiger partial charge in [0.2, 0.25) is 0 Å². The highest BCUT2D eigenvalue weighted by molar-refractivity contribution is 5.67. The molecule has 0 heterocycles. The molecule has 5 heteroatoms. The number of hydrogen-bond acceptors (Lipinski definition) is 3. The van der Waals surface area contributed by atoms with Crippen molar-refractivity contribution in [3.8, 4) is 6.07 Å². The van der Waals surface area contributed by atoms with Crippen molar-refractivity contribution in [1.82, 2.24) is 0 Å². The molecule has 0 aliphatic heterocycles. The van der Waals surface area contributed by atoms with Gasteiger partial charge in [0.05, 0.1) is 18.1 Å². The lowest BCUT2D eigenvalue weighted by Crippen LogP contribution is -2.26. The quantitative estimate of drug-likeness (QED) is 0.889. The van der Waals surface area contributed by atoms with Crippen LogP contribution < -0.4 is 4.90 Å². The second kappa shape index (κ2) is 7.23. The van der Waals surface area contributed by atoms with Gasteiger partial charge in [0.1, 0.15) is 5.82 Å². The van der Waals surface area contributed by atoms with Crippen molar-refractivity contribution in [3.05, 3.63) is 65.5 Å². The van der Waals surface area contributed by atoms with Crippen molar-refractivity contribution >= 4 is 11.7 Å². The van der Waals surface area contributed by atoms with Crippen molar-refractivity contribution in [2.24, 2.45) is 0 Å². The van der Waals surface area contributed by atoms with Crippen LogP contribution in [0.2, 0.25) is 0 Å². The number of rotatable bonds is 6. The number of hydrogen-bond donors (Lipinski definition) is 1. The summed E-state index contributed by atoms with van der Waals surface area (Å²) >= 11 is 0. The number of nitrogens with zero attached hydrogens (tertiary/aromatic N) is 2. The smallest absolute Gasteiger partial charge is 0.305 e. The molecular weight excluding hydrogens is 283 g/mol. The van der Waals surface area contributed by atoms with E-state index in [0.717, 1.165) is 0 Å². The van der Waals surface area contributed by atoms with Gasteiger partial charge in [-0.15, -0.1) is 0 Å². The van der Waals surface area contributed by atoms with Gasteiger partial charge in [0.25, 0.3) is 0 Å². The summed E-state index contributed by atoms with van der Waals surface area (Å²) in [5, 5.41) is 17.9. The Balaban J connectivity index is 2.27. The lowest BCUT2D eigenvalue weighted by molar-refractivity contribution is -0.136. The average Bonchev–Trinajstić information content (AvgIpc) is 2.53. The maximum Gasteiger partial charge on any atom is 0.305 e. The van der Waals surface area contributed by atoms with E-state index in [1.54, 1.807) is 47.4 Å². The van der Waals surface area contributed by atoms with Crippen LogP contribution in [-0.2, 0) is 11.3 Å². The summed E-state index contributed by atoms with van der Waals surface area (Å²) in [4.78, 5) is 12.6. The van der Waals surface area contributed by atoms with Crippen LogP contribution in [0.15, 0.2) is 48.5 Å². The van der Waals surface area contributed by atoms with Crippen molar-refractivity contribution in [2.75, 3.05) is 11.4 Å². The van der Waals surface area contributed by atoms with E-state index < -0.39 is 5.97 Å². The van der Waals surface area contributed by atoms with Gasteiger partial charge in [0, 0.05) is 24.3 Å². The number of carboxylic acids is 1. The number of carbonyl (C=O) groups is 1. The predicted molar refractivity (Wildman–Crippen MR) is 80.9 cm³/mol. The van der Waals surface area contributed by atoms with Crippen molar-refractivity contribution in [3.63, 3.8) is 0 Å². The van der Waals surface area contributed by atoms with E-state index in [-0.39, 0.29) is 25.3 Å². The summed E-state index contributed by atoms with van der Waals surface area (Å²) in [6.45, 7) is 0.480. The van der Waals surface area contributed by atoms with E-state index in [4.69, 9.17) is 10.4 Å². The largest absolute Gasteiger partial charge is 0.481 e.